The summed E-state index contributed by atoms with van der Waals surface area (Å²) in [6.07, 6.45) is 4.12. The van der Waals surface area contributed by atoms with Crippen LogP contribution in [0, 0.1) is 5.92 Å². The molecule has 0 bridgehead atoms. The van der Waals surface area contributed by atoms with Crippen molar-refractivity contribution in [3.05, 3.63) is 29.3 Å². The van der Waals surface area contributed by atoms with Crippen LogP contribution in [-0.4, -0.2) is 30.4 Å². The number of benzene rings is 1. The van der Waals surface area contributed by atoms with Crippen LogP contribution in [0.1, 0.15) is 32.1 Å². The van der Waals surface area contributed by atoms with Crippen LogP contribution in [0.25, 0.3) is 0 Å². The average Bonchev–Trinajstić information content (AvgIpc) is 3.07. The van der Waals surface area contributed by atoms with Crippen molar-refractivity contribution >= 4 is 41.5 Å². The second kappa shape index (κ2) is 8.19. The zero-order chi connectivity index (χ0) is 16.4. The van der Waals surface area contributed by atoms with E-state index in [-0.39, 0.29) is 36.2 Å². The third kappa shape index (κ3) is 4.21. The number of rotatable bonds is 4. The monoisotopic (exact) mass is 371 g/mol. The van der Waals surface area contributed by atoms with E-state index < -0.39 is 6.04 Å². The summed E-state index contributed by atoms with van der Waals surface area (Å²) in [6.45, 7) is 0.590. The Morgan fingerprint density at radius 3 is 2.79 bits per heavy atom. The number of nitrogens with two attached hydrogens (primary N) is 1. The van der Waals surface area contributed by atoms with Crippen molar-refractivity contribution in [1.29, 1.82) is 0 Å². The van der Waals surface area contributed by atoms with Gasteiger partial charge in [-0.05, 0) is 43.4 Å². The predicted molar refractivity (Wildman–Crippen MR) is 97.5 cm³/mol. The van der Waals surface area contributed by atoms with E-state index in [0.717, 1.165) is 24.9 Å². The molecule has 0 aromatic heterocycles. The molecule has 3 atom stereocenters. The van der Waals surface area contributed by atoms with E-state index >= 15 is 0 Å². The summed E-state index contributed by atoms with van der Waals surface area (Å²) in [7, 11) is 0. The Balaban J connectivity index is 0.00000208. The normalized spacial score (nSPS) is 26.3. The molecule has 1 unspecified atom stereocenters. The molecule has 7 heteroatoms. The second-order valence-electron chi connectivity index (χ2n) is 6.44. The highest BCUT2D eigenvalue weighted by molar-refractivity contribution is 6.31. The van der Waals surface area contributed by atoms with Crippen molar-refractivity contribution in [2.75, 3.05) is 11.4 Å². The third-order valence-electron chi connectivity index (χ3n) is 4.83. The number of carbonyl (C=O) groups excluding carboxylic acids is 2. The summed E-state index contributed by atoms with van der Waals surface area (Å²) in [5, 5.41) is 3.47. The van der Waals surface area contributed by atoms with Crippen LogP contribution in [0.4, 0.5) is 5.69 Å². The van der Waals surface area contributed by atoms with E-state index in [2.05, 4.69) is 5.32 Å². The number of nitrogens with zero attached hydrogens (tertiary/aromatic N) is 1. The molecular weight excluding hydrogens is 349 g/mol. The molecule has 1 aromatic rings. The van der Waals surface area contributed by atoms with Gasteiger partial charge in [0, 0.05) is 29.7 Å². The molecule has 0 spiro atoms. The molecular formula is C17H23Cl2N3O2. The maximum atomic E-state index is 12.5. The van der Waals surface area contributed by atoms with Gasteiger partial charge in [0.15, 0.2) is 0 Å². The fourth-order valence-electron chi connectivity index (χ4n) is 3.52. The highest BCUT2D eigenvalue weighted by atomic mass is 35.5. The van der Waals surface area contributed by atoms with Crippen LogP contribution in [-0.2, 0) is 9.59 Å². The molecule has 2 fully saturated rings. The van der Waals surface area contributed by atoms with Crippen molar-refractivity contribution in [1.82, 2.24) is 5.32 Å². The predicted octanol–water partition coefficient (Wildman–Crippen LogP) is 2.50. The van der Waals surface area contributed by atoms with Crippen LogP contribution in [0.3, 0.4) is 0 Å². The van der Waals surface area contributed by atoms with Crippen LogP contribution in [0.2, 0.25) is 5.02 Å². The van der Waals surface area contributed by atoms with E-state index in [1.165, 1.54) is 0 Å². The first-order valence-electron chi connectivity index (χ1n) is 8.16. The molecule has 5 nitrogen and oxygen atoms in total. The molecule has 1 saturated heterocycles. The molecule has 2 aliphatic rings. The highest BCUT2D eigenvalue weighted by Crippen LogP contribution is 2.27. The van der Waals surface area contributed by atoms with Gasteiger partial charge in [0.1, 0.15) is 6.04 Å². The van der Waals surface area contributed by atoms with Gasteiger partial charge in [-0.2, -0.15) is 0 Å². The van der Waals surface area contributed by atoms with E-state index in [9.17, 15) is 9.59 Å². The van der Waals surface area contributed by atoms with Crippen LogP contribution >= 0.6 is 24.0 Å². The minimum absolute atomic E-state index is 0. The molecule has 1 aromatic carbocycles. The van der Waals surface area contributed by atoms with Gasteiger partial charge in [-0.25, -0.2) is 0 Å². The van der Waals surface area contributed by atoms with E-state index in [1.807, 2.05) is 12.1 Å². The number of anilines is 1. The SMILES string of the molecule is Cl.N[C@@H]1CCC[C@H]1CC(=O)NC1CCN(c2cccc(Cl)c2)C1=O. The maximum absolute atomic E-state index is 12.5. The number of halogens is 2. The highest BCUT2D eigenvalue weighted by Gasteiger charge is 2.34. The Labute approximate surface area is 153 Å². The van der Waals surface area contributed by atoms with Gasteiger partial charge in [-0.15, -0.1) is 12.4 Å². The number of nitrogens with one attached hydrogen (secondary N) is 1. The van der Waals surface area contributed by atoms with E-state index in [0.29, 0.717) is 24.4 Å². The lowest BCUT2D eigenvalue weighted by Crippen LogP contribution is -2.42. The molecule has 3 rings (SSSR count). The lowest BCUT2D eigenvalue weighted by atomic mass is 9.99. The molecule has 2 amide bonds. The molecule has 1 heterocycles. The number of amides is 2. The zero-order valence-corrected chi connectivity index (χ0v) is 15.0. The van der Waals surface area contributed by atoms with Crippen molar-refractivity contribution in [2.45, 2.75) is 44.2 Å². The maximum Gasteiger partial charge on any atom is 0.249 e. The quantitative estimate of drug-likeness (QED) is 0.853. The summed E-state index contributed by atoms with van der Waals surface area (Å²) in [5.74, 6) is 0.102. The standard InChI is InChI=1S/C17H22ClN3O2.ClH/c18-12-4-2-5-13(10-12)21-8-7-15(17(21)23)20-16(22)9-11-3-1-6-14(11)19;/h2,4-5,10-11,14-15H,1,3,6-9,19H2,(H,20,22);1H/t11-,14+,15?;/m0./s1. The second-order valence-corrected chi connectivity index (χ2v) is 6.87. The van der Waals surface area contributed by atoms with Gasteiger partial charge >= 0.3 is 0 Å². The molecule has 3 N–H and O–H groups in total. The van der Waals surface area contributed by atoms with Crippen molar-refractivity contribution in [3.8, 4) is 0 Å². The van der Waals surface area contributed by atoms with Crippen LogP contribution in [0.15, 0.2) is 24.3 Å². The topological polar surface area (TPSA) is 75.4 Å². The summed E-state index contributed by atoms with van der Waals surface area (Å²) < 4.78 is 0. The first kappa shape index (κ1) is 19.0. The third-order valence-corrected chi connectivity index (χ3v) is 5.06. The van der Waals surface area contributed by atoms with Crippen molar-refractivity contribution < 1.29 is 9.59 Å². The summed E-state index contributed by atoms with van der Waals surface area (Å²) in [5.41, 5.74) is 6.78. The molecule has 1 aliphatic carbocycles. The Morgan fingerprint density at radius 2 is 2.12 bits per heavy atom. The Morgan fingerprint density at radius 1 is 1.33 bits per heavy atom. The largest absolute Gasteiger partial charge is 0.344 e. The summed E-state index contributed by atoms with van der Waals surface area (Å²) >= 11 is 5.98. The smallest absolute Gasteiger partial charge is 0.249 e. The lowest BCUT2D eigenvalue weighted by Gasteiger charge is -2.19. The van der Waals surface area contributed by atoms with Gasteiger partial charge < -0.3 is 16.0 Å². The molecule has 0 radical (unpaired) electrons. The van der Waals surface area contributed by atoms with Crippen molar-refractivity contribution in [2.24, 2.45) is 11.7 Å². The zero-order valence-electron chi connectivity index (χ0n) is 13.4. The molecule has 1 aliphatic heterocycles. The number of carbonyl (C=O) groups is 2. The molecule has 24 heavy (non-hydrogen) atoms. The van der Waals surface area contributed by atoms with E-state index in [4.69, 9.17) is 17.3 Å². The first-order valence-corrected chi connectivity index (χ1v) is 8.54. The minimum atomic E-state index is -0.445. The first-order chi connectivity index (χ1) is 11.0. The summed E-state index contributed by atoms with van der Waals surface area (Å²) in [6, 6.07) is 6.88. The van der Waals surface area contributed by atoms with E-state index in [1.54, 1.807) is 17.0 Å². The van der Waals surface area contributed by atoms with Gasteiger partial charge in [-0.1, -0.05) is 24.1 Å². The van der Waals surface area contributed by atoms with Gasteiger partial charge in [0.25, 0.3) is 0 Å². The summed E-state index contributed by atoms with van der Waals surface area (Å²) in [4.78, 5) is 26.4. The minimum Gasteiger partial charge on any atom is -0.344 e. The Bertz CT molecular complexity index is 611. The fourth-order valence-corrected chi connectivity index (χ4v) is 3.71. The Hall–Kier alpha value is -1.30. The molecule has 132 valence electrons. The van der Waals surface area contributed by atoms with Gasteiger partial charge in [-0.3, -0.25) is 9.59 Å². The fraction of sp³-hybridized carbons (Fsp3) is 0.529. The number of hydrogen-bond acceptors (Lipinski definition) is 3. The van der Waals surface area contributed by atoms with Crippen LogP contribution in [0.5, 0.6) is 0 Å². The lowest BCUT2D eigenvalue weighted by molar-refractivity contribution is -0.127. The van der Waals surface area contributed by atoms with Crippen LogP contribution < -0.4 is 16.0 Å². The number of hydrogen-bond donors (Lipinski definition) is 2. The van der Waals surface area contributed by atoms with Gasteiger partial charge in [0.05, 0.1) is 0 Å². The van der Waals surface area contributed by atoms with Crippen molar-refractivity contribution in [3.63, 3.8) is 0 Å². The van der Waals surface area contributed by atoms with Gasteiger partial charge in [0.2, 0.25) is 11.8 Å². The molecule has 1 saturated carbocycles. The Kier molecular flexibility index (Phi) is 6.49. The average molecular weight is 372 g/mol.